The second-order valence-corrected chi connectivity index (χ2v) is 4.97. The van der Waals surface area contributed by atoms with Gasteiger partial charge in [-0.1, -0.05) is 13.8 Å². The quantitative estimate of drug-likeness (QED) is 0.550. The number of aliphatic imine (C=N–C) groups is 2. The summed E-state index contributed by atoms with van der Waals surface area (Å²) in [6, 6.07) is 3.88. The molecule has 0 bridgehead atoms. The second-order valence-electron chi connectivity index (χ2n) is 4.97. The van der Waals surface area contributed by atoms with E-state index in [-0.39, 0.29) is 11.5 Å². The number of rotatable bonds is 1. The maximum Gasteiger partial charge on any atom is 0.272 e. The lowest BCUT2D eigenvalue weighted by Gasteiger charge is -2.25. The zero-order chi connectivity index (χ0) is 17.0. The van der Waals surface area contributed by atoms with E-state index >= 15 is 0 Å². The van der Waals surface area contributed by atoms with E-state index in [4.69, 9.17) is 5.73 Å². The molecule has 23 heavy (non-hydrogen) atoms. The Morgan fingerprint density at radius 2 is 2.17 bits per heavy atom. The van der Waals surface area contributed by atoms with Crippen LogP contribution in [0.1, 0.15) is 31.0 Å². The van der Waals surface area contributed by atoms with E-state index in [1.165, 1.54) is 6.34 Å². The number of hydrogen-bond donors (Lipinski definition) is 3. The molecule has 0 amide bonds. The minimum atomic E-state index is -0.196. The van der Waals surface area contributed by atoms with Gasteiger partial charge in [-0.05, 0) is 24.6 Å². The van der Waals surface area contributed by atoms with Crippen LogP contribution in [0.3, 0.4) is 0 Å². The van der Waals surface area contributed by atoms with Crippen LogP contribution in [0.5, 0.6) is 0 Å². The fraction of sp³-hybridized carbons (Fsp3) is 0.375. The largest absolute Gasteiger partial charge is 0.390 e. The summed E-state index contributed by atoms with van der Waals surface area (Å²) in [6.07, 6.45) is 1.22. The molecule has 122 valence electrons. The van der Waals surface area contributed by atoms with Crippen LogP contribution in [0.2, 0.25) is 0 Å². The van der Waals surface area contributed by atoms with Crippen LogP contribution in [0.15, 0.2) is 26.9 Å². The van der Waals surface area contributed by atoms with Crippen LogP contribution in [-0.4, -0.2) is 36.0 Å². The van der Waals surface area contributed by atoms with Gasteiger partial charge in [0.05, 0.1) is 23.3 Å². The number of benzene rings is 1. The molecule has 2 heterocycles. The average molecular weight is 314 g/mol. The third-order valence-electron chi connectivity index (χ3n) is 3.64. The van der Waals surface area contributed by atoms with Gasteiger partial charge in [0.1, 0.15) is 5.84 Å². The Bertz CT molecular complexity index is 821. The standard InChI is InChI=1S/C14H16N6O.C2H6/c1-7-3-8-11-10(4-7)17-5-9(13(16-2)18-6-15)12(11)19-20-14(8)21;1-2/h3-4,6,9,17H,5H2,1-2H3,(H,20,21)(H2,15,16,18);1-2H3. The van der Waals surface area contributed by atoms with Crippen molar-refractivity contribution in [3.05, 3.63) is 33.7 Å². The van der Waals surface area contributed by atoms with Crippen molar-refractivity contribution in [2.24, 2.45) is 15.7 Å². The van der Waals surface area contributed by atoms with Crippen molar-refractivity contribution in [1.82, 2.24) is 10.2 Å². The van der Waals surface area contributed by atoms with Gasteiger partial charge in [0.2, 0.25) is 0 Å². The summed E-state index contributed by atoms with van der Waals surface area (Å²) < 4.78 is 0. The first-order valence-electron chi connectivity index (χ1n) is 7.63. The molecule has 4 N–H and O–H groups in total. The van der Waals surface area contributed by atoms with E-state index in [0.717, 1.165) is 22.3 Å². The maximum absolute atomic E-state index is 12.0. The van der Waals surface area contributed by atoms with Crippen LogP contribution in [-0.2, 0) is 0 Å². The summed E-state index contributed by atoms with van der Waals surface area (Å²) in [5, 5.41) is 11.6. The van der Waals surface area contributed by atoms with Crippen LogP contribution in [0.25, 0.3) is 10.8 Å². The van der Waals surface area contributed by atoms with Crippen molar-refractivity contribution >= 4 is 28.6 Å². The Labute approximate surface area is 134 Å². The molecule has 0 fully saturated rings. The van der Waals surface area contributed by atoms with Gasteiger partial charge in [-0.3, -0.25) is 9.79 Å². The molecule has 0 aliphatic carbocycles. The highest BCUT2D eigenvalue weighted by Crippen LogP contribution is 2.34. The highest BCUT2D eigenvalue weighted by molar-refractivity contribution is 6.03. The fourth-order valence-corrected chi connectivity index (χ4v) is 2.76. The number of amidine groups is 1. The van der Waals surface area contributed by atoms with E-state index in [2.05, 4.69) is 25.5 Å². The molecule has 1 aliphatic rings. The number of H-pyrrole nitrogens is 1. The Kier molecular flexibility index (Phi) is 5.10. The molecule has 1 aliphatic heterocycles. The van der Waals surface area contributed by atoms with Gasteiger partial charge in [-0.2, -0.15) is 5.10 Å². The number of aromatic nitrogens is 2. The molecule has 3 rings (SSSR count). The third-order valence-corrected chi connectivity index (χ3v) is 3.64. The lowest BCUT2D eigenvalue weighted by Crippen LogP contribution is -2.28. The molecule has 1 atom stereocenters. The Balaban J connectivity index is 0.000000924. The smallest absolute Gasteiger partial charge is 0.272 e. The lowest BCUT2D eigenvalue weighted by molar-refractivity contribution is 0.822. The first-order chi connectivity index (χ1) is 11.2. The normalized spacial score (nSPS) is 16.9. The predicted molar refractivity (Wildman–Crippen MR) is 95.7 cm³/mol. The zero-order valence-electron chi connectivity index (χ0n) is 13.8. The first-order valence-corrected chi connectivity index (χ1v) is 7.63. The molecule has 1 unspecified atom stereocenters. The number of nitrogens with zero attached hydrogens (tertiary/aromatic N) is 3. The summed E-state index contributed by atoms with van der Waals surface area (Å²) in [4.78, 5) is 20.3. The van der Waals surface area contributed by atoms with Gasteiger partial charge in [-0.15, -0.1) is 0 Å². The molecule has 1 aromatic carbocycles. The van der Waals surface area contributed by atoms with Crippen LogP contribution < -0.4 is 16.6 Å². The molecular weight excluding hydrogens is 292 g/mol. The van der Waals surface area contributed by atoms with Gasteiger partial charge >= 0.3 is 0 Å². The monoisotopic (exact) mass is 314 g/mol. The molecule has 0 saturated heterocycles. The van der Waals surface area contributed by atoms with E-state index in [0.29, 0.717) is 17.8 Å². The highest BCUT2D eigenvalue weighted by atomic mass is 16.1. The SMILES string of the molecule is CC.CN=C(N=CN)C1CNc2cc(C)cc3c(=O)[nH]nc1c23. The molecule has 0 radical (unpaired) electrons. The molecule has 0 spiro atoms. The summed E-state index contributed by atoms with van der Waals surface area (Å²) in [6.45, 7) is 6.56. The van der Waals surface area contributed by atoms with Crippen molar-refractivity contribution in [2.45, 2.75) is 26.7 Å². The van der Waals surface area contributed by atoms with Crippen LogP contribution in [0.4, 0.5) is 5.69 Å². The molecule has 1 aromatic heterocycles. The van der Waals surface area contributed by atoms with Crippen molar-refractivity contribution in [3.63, 3.8) is 0 Å². The molecule has 7 nitrogen and oxygen atoms in total. The highest BCUT2D eigenvalue weighted by Gasteiger charge is 2.28. The number of hydrogen-bond acceptors (Lipinski definition) is 4. The number of aromatic amines is 1. The second kappa shape index (κ2) is 7.04. The van der Waals surface area contributed by atoms with E-state index in [9.17, 15) is 4.79 Å². The maximum atomic E-state index is 12.0. The molecule has 2 aromatic rings. The Morgan fingerprint density at radius 1 is 1.43 bits per heavy atom. The zero-order valence-corrected chi connectivity index (χ0v) is 13.8. The van der Waals surface area contributed by atoms with Gasteiger partial charge in [0.15, 0.2) is 0 Å². The summed E-state index contributed by atoms with van der Waals surface area (Å²) in [7, 11) is 1.66. The van der Waals surface area contributed by atoms with Gasteiger partial charge in [-0.25, -0.2) is 10.1 Å². The van der Waals surface area contributed by atoms with Crippen molar-refractivity contribution in [3.8, 4) is 0 Å². The third kappa shape index (κ3) is 2.94. The number of aryl methyl sites for hydroxylation is 1. The minimum absolute atomic E-state index is 0.149. The number of nitrogens with two attached hydrogens (primary N) is 1. The fourth-order valence-electron chi connectivity index (χ4n) is 2.76. The molecule has 0 saturated carbocycles. The number of nitrogens with one attached hydrogen (secondary N) is 2. The molecule has 7 heteroatoms. The minimum Gasteiger partial charge on any atom is -0.390 e. The lowest BCUT2D eigenvalue weighted by atomic mass is 9.93. The van der Waals surface area contributed by atoms with E-state index in [1.807, 2.05) is 32.9 Å². The summed E-state index contributed by atoms with van der Waals surface area (Å²) in [5.74, 6) is 0.432. The van der Waals surface area contributed by atoms with Crippen LogP contribution >= 0.6 is 0 Å². The van der Waals surface area contributed by atoms with E-state index in [1.54, 1.807) is 7.05 Å². The number of anilines is 1. The van der Waals surface area contributed by atoms with Gasteiger partial charge < -0.3 is 11.1 Å². The van der Waals surface area contributed by atoms with Crippen LogP contribution in [0, 0.1) is 6.92 Å². The Morgan fingerprint density at radius 3 is 2.83 bits per heavy atom. The average Bonchev–Trinajstić information content (AvgIpc) is 2.57. The summed E-state index contributed by atoms with van der Waals surface area (Å²) >= 11 is 0. The van der Waals surface area contributed by atoms with Crippen molar-refractivity contribution in [1.29, 1.82) is 0 Å². The predicted octanol–water partition coefficient (Wildman–Crippen LogP) is 1.78. The Hall–Kier alpha value is -2.70. The van der Waals surface area contributed by atoms with Gasteiger partial charge in [0.25, 0.3) is 5.56 Å². The summed E-state index contributed by atoms with van der Waals surface area (Å²) in [5.41, 5.74) is 7.89. The van der Waals surface area contributed by atoms with E-state index < -0.39 is 0 Å². The van der Waals surface area contributed by atoms with Gasteiger partial charge in [0, 0.05) is 24.7 Å². The topological polar surface area (TPSA) is 109 Å². The van der Waals surface area contributed by atoms with Crippen molar-refractivity contribution in [2.75, 3.05) is 18.9 Å². The van der Waals surface area contributed by atoms with Crippen molar-refractivity contribution < 1.29 is 0 Å². The molecular formula is C16H22N6O. The first kappa shape index (κ1) is 16.7.